The van der Waals surface area contributed by atoms with Crippen molar-refractivity contribution in [3.63, 3.8) is 0 Å². The fourth-order valence-corrected chi connectivity index (χ4v) is 6.53. The van der Waals surface area contributed by atoms with E-state index in [4.69, 9.17) is 0 Å². The molecule has 214 valence electrons. The zero-order valence-corrected chi connectivity index (χ0v) is 25.4. The van der Waals surface area contributed by atoms with E-state index >= 15 is 0 Å². The SMILES string of the molecule is CCN1C(=O)C(C)(C)C(=O)N(C)c2cc(CN(CCn3cc(C)c4ccsc4c3=O)Cc3cnccc3C)ccc21. The summed E-state index contributed by atoms with van der Waals surface area (Å²) >= 11 is 1.49. The molecule has 8 nitrogen and oxygen atoms in total. The van der Waals surface area contributed by atoms with Crippen LogP contribution < -0.4 is 15.4 Å². The van der Waals surface area contributed by atoms with Gasteiger partial charge in [0.05, 0.1) is 16.1 Å². The van der Waals surface area contributed by atoms with Crippen LogP contribution in [-0.4, -0.2) is 46.4 Å². The summed E-state index contributed by atoms with van der Waals surface area (Å²) in [5.41, 5.74) is 4.74. The minimum Gasteiger partial charge on any atom is -0.313 e. The Labute approximate surface area is 244 Å². The minimum atomic E-state index is -1.15. The Morgan fingerprint density at radius 1 is 0.976 bits per heavy atom. The molecule has 5 rings (SSSR count). The molecule has 2 amide bonds. The summed E-state index contributed by atoms with van der Waals surface area (Å²) in [4.78, 5) is 49.8. The molecule has 4 heterocycles. The van der Waals surface area contributed by atoms with Crippen LogP contribution in [0.15, 0.2) is 59.1 Å². The zero-order chi connectivity index (χ0) is 29.5. The van der Waals surface area contributed by atoms with Crippen LogP contribution in [0, 0.1) is 19.3 Å². The van der Waals surface area contributed by atoms with Crippen molar-refractivity contribution in [1.29, 1.82) is 0 Å². The lowest BCUT2D eigenvalue weighted by atomic mass is 9.90. The van der Waals surface area contributed by atoms with Gasteiger partial charge in [-0.3, -0.25) is 24.3 Å². The predicted octanol–water partition coefficient (Wildman–Crippen LogP) is 5.13. The number of nitrogens with zero attached hydrogens (tertiary/aromatic N) is 5. The molecule has 0 saturated heterocycles. The van der Waals surface area contributed by atoms with Crippen LogP contribution in [0.3, 0.4) is 0 Å². The van der Waals surface area contributed by atoms with Crippen LogP contribution in [0.2, 0.25) is 0 Å². The predicted molar refractivity (Wildman–Crippen MR) is 166 cm³/mol. The summed E-state index contributed by atoms with van der Waals surface area (Å²) in [5.74, 6) is -0.418. The molecule has 0 unspecified atom stereocenters. The van der Waals surface area contributed by atoms with Gasteiger partial charge >= 0.3 is 0 Å². The van der Waals surface area contributed by atoms with Gasteiger partial charge in [-0.2, -0.15) is 0 Å². The Bertz CT molecular complexity index is 1690. The maximum atomic E-state index is 13.3. The van der Waals surface area contributed by atoms with Gasteiger partial charge in [0, 0.05) is 63.7 Å². The van der Waals surface area contributed by atoms with Crippen molar-refractivity contribution in [3.05, 3.63) is 86.9 Å². The van der Waals surface area contributed by atoms with Crippen LogP contribution in [0.25, 0.3) is 10.1 Å². The highest BCUT2D eigenvalue weighted by Crippen LogP contribution is 2.39. The van der Waals surface area contributed by atoms with Crippen molar-refractivity contribution in [3.8, 4) is 0 Å². The molecule has 0 N–H and O–H groups in total. The Hall–Kier alpha value is -3.82. The summed E-state index contributed by atoms with van der Waals surface area (Å²) < 4.78 is 2.60. The second-order valence-electron chi connectivity index (χ2n) is 11.3. The van der Waals surface area contributed by atoms with Crippen molar-refractivity contribution in [2.24, 2.45) is 5.41 Å². The molecule has 0 atom stereocenters. The van der Waals surface area contributed by atoms with E-state index in [1.807, 2.05) is 66.5 Å². The highest BCUT2D eigenvalue weighted by molar-refractivity contribution is 7.17. The number of aromatic nitrogens is 2. The maximum Gasteiger partial charge on any atom is 0.268 e. The molecular formula is C32H37N5O3S. The average Bonchev–Trinajstić information content (AvgIpc) is 3.45. The largest absolute Gasteiger partial charge is 0.313 e. The van der Waals surface area contributed by atoms with Gasteiger partial charge in [-0.15, -0.1) is 11.3 Å². The number of hydrogen-bond acceptors (Lipinski definition) is 6. The number of anilines is 2. The minimum absolute atomic E-state index is 0.0372. The number of aryl methyl sites for hydroxylation is 2. The Balaban J connectivity index is 1.47. The third kappa shape index (κ3) is 5.31. The Kier molecular flexibility index (Phi) is 7.85. The monoisotopic (exact) mass is 571 g/mol. The molecule has 41 heavy (non-hydrogen) atoms. The van der Waals surface area contributed by atoms with E-state index in [9.17, 15) is 14.4 Å². The molecule has 0 aliphatic carbocycles. The molecule has 3 aromatic heterocycles. The summed E-state index contributed by atoms with van der Waals surface area (Å²) in [7, 11) is 1.74. The number of fused-ring (bicyclic) bond motifs is 2. The maximum absolute atomic E-state index is 13.3. The summed E-state index contributed by atoms with van der Waals surface area (Å²) in [6, 6.07) is 10.0. The second-order valence-corrected chi connectivity index (χ2v) is 12.3. The highest BCUT2D eigenvalue weighted by Gasteiger charge is 2.45. The highest BCUT2D eigenvalue weighted by atomic mass is 32.1. The smallest absolute Gasteiger partial charge is 0.268 e. The Morgan fingerprint density at radius 3 is 2.49 bits per heavy atom. The summed E-state index contributed by atoms with van der Waals surface area (Å²) in [5, 5.41) is 2.99. The summed E-state index contributed by atoms with van der Waals surface area (Å²) in [6.07, 6.45) is 5.64. The third-order valence-electron chi connectivity index (χ3n) is 8.13. The fraction of sp³-hybridized carbons (Fsp3) is 0.375. The Morgan fingerprint density at radius 2 is 1.76 bits per heavy atom. The lowest BCUT2D eigenvalue weighted by Gasteiger charge is -2.27. The number of benzene rings is 1. The van der Waals surface area contributed by atoms with E-state index in [0.717, 1.165) is 43.7 Å². The lowest BCUT2D eigenvalue weighted by Crippen LogP contribution is -2.47. The number of rotatable bonds is 8. The molecule has 0 saturated carbocycles. The van der Waals surface area contributed by atoms with E-state index < -0.39 is 5.41 Å². The number of pyridine rings is 2. The molecule has 1 aliphatic rings. The van der Waals surface area contributed by atoms with Gasteiger partial charge in [0.1, 0.15) is 5.41 Å². The van der Waals surface area contributed by atoms with Crippen molar-refractivity contribution >= 4 is 44.6 Å². The second kappa shape index (κ2) is 11.2. The third-order valence-corrected chi connectivity index (χ3v) is 9.03. The first kappa shape index (κ1) is 28.7. The van der Waals surface area contributed by atoms with E-state index in [1.165, 1.54) is 11.3 Å². The zero-order valence-electron chi connectivity index (χ0n) is 24.6. The number of hydrogen-bond donors (Lipinski definition) is 0. The molecule has 0 radical (unpaired) electrons. The molecule has 9 heteroatoms. The van der Waals surface area contributed by atoms with Crippen LogP contribution in [-0.2, 0) is 29.2 Å². The van der Waals surface area contributed by atoms with E-state index in [-0.39, 0.29) is 17.4 Å². The lowest BCUT2D eigenvalue weighted by molar-refractivity contribution is -0.137. The summed E-state index contributed by atoms with van der Waals surface area (Å²) in [6.45, 7) is 12.4. The van der Waals surface area contributed by atoms with Crippen LogP contribution in [0.1, 0.15) is 43.0 Å². The van der Waals surface area contributed by atoms with Crippen LogP contribution in [0.4, 0.5) is 11.4 Å². The standard InChI is InChI=1S/C32H37N5O3S/c1-7-37-26-9-8-23(16-27(26)34(6)30(39)32(4,5)31(37)40)19-35(20-24-17-33-12-10-21(24)2)13-14-36-18-22(3)25-11-15-41-28(25)29(36)38/h8-12,15-18H,7,13-14,19-20H2,1-6H3. The molecule has 0 bridgehead atoms. The van der Waals surface area contributed by atoms with Crippen molar-refractivity contribution in [1.82, 2.24) is 14.5 Å². The van der Waals surface area contributed by atoms with Gasteiger partial charge in [0.15, 0.2) is 0 Å². The van der Waals surface area contributed by atoms with Gasteiger partial charge in [-0.1, -0.05) is 6.07 Å². The first-order chi connectivity index (χ1) is 19.5. The first-order valence-corrected chi connectivity index (χ1v) is 14.8. The fourth-order valence-electron chi connectivity index (χ4n) is 5.61. The van der Waals surface area contributed by atoms with Gasteiger partial charge in [0.25, 0.3) is 5.56 Å². The van der Waals surface area contributed by atoms with E-state index in [0.29, 0.717) is 32.7 Å². The molecule has 1 aliphatic heterocycles. The number of carbonyl (C=O) groups excluding carboxylic acids is 2. The first-order valence-electron chi connectivity index (χ1n) is 13.9. The average molecular weight is 572 g/mol. The number of amides is 2. The van der Waals surface area contributed by atoms with Gasteiger partial charge < -0.3 is 14.4 Å². The number of thiophene rings is 1. The van der Waals surface area contributed by atoms with Crippen LogP contribution in [0.5, 0.6) is 0 Å². The van der Waals surface area contributed by atoms with Crippen molar-refractivity contribution < 1.29 is 9.59 Å². The number of carbonyl (C=O) groups is 2. The van der Waals surface area contributed by atoms with Gasteiger partial charge in [-0.25, -0.2) is 0 Å². The van der Waals surface area contributed by atoms with E-state index in [2.05, 4.69) is 16.8 Å². The van der Waals surface area contributed by atoms with Crippen molar-refractivity contribution in [2.75, 3.05) is 29.9 Å². The van der Waals surface area contributed by atoms with Crippen LogP contribution >= 0.6 is 11.3 Å². The normalized spacial score (nSPS) is 15.1. The molecule has 4 aromatic rings. The quantitative estimate of drug-likeness (QED) is 0.274. The van der Waals surface area contributed by atoms with Gasteiger partial charge in [-0.05, 0) is 86.5 Å². The molecule has 0 spiro atoms. The van der Waals surface area contributed by atoms with E-state index in [1.54, 1.807) is 36.9 Å². The molecular weight excluding hydrogens is 534 g/mol. The molecule has 0 fully saturated rings. The van der Waals surface area contributed by atoms with Gasteiger partial charge in [0.2, 0.25) is 11.8 Å². The topological polar surface area (TPSA) is 78.8 Å². The molecule has 1 aromatic carbocycles. The van der Waals surface area contributed by atoms with Crippen molar-refractivity contribution in [2.45, 2.75) is 54.3 Å².